The van der Waals surface area contributed by atoms with E-state index in [1.54, 1.807) is 4.68 Å². The molecule has 1 aromatic heterocycles. The molecule has 0 spiro atoms. The van der Waals surface area contributed by atoms with Crippen LogP contribution >= 0.6 is 0 Å². The number of carboxylic acid groups (broad SMARTS) is 1. The molecule has 5 nitrogen and oxygen atoms in total. The van der Waals surface area contributed by atoms with Crippen LogP contribution in [0, 0.1) is 0 Å². The number of aryl methyl sites for hydroxylation is 1. The monoisotopic (exact) mass is 237 g/mol. The lowest BCUT2D eigenvalue weighted by Crippen LogP contribution is -2.07. The van der Waals surface area contributed by atoms with Crippen molar-refractivity contribution >= 4 is 5.97 Å². The van der Waals surface area contributed by atoms with Gasteiger partial charge in [0.15, 0.2) is 5.69 Å². The molecule has 0 saturated heterocycles. The average Bonchev–Trinajstić information content (AvgIpc) is 3.05. The van der Waals surface area contributed by atoms with Gasteiger partial charge in [0.2, 0.25) is 0 Å². The van der Waals surface area contributed by atoms with Crippen LogP contribution in [0.25, 0.3) is 0 Å². The standard InChI is InChI=1S/C12H19N3O2/c1-2-3-4-5-8-15-11(9-6-7-9)10(12(16)17)13-14-15/h9H,2-8H2,1H3,(H,16,17). The first-order valence-electron chi connectivity index (χ1n) is 6.40. The molecule has 1 N–H and O–H groups in total. The Morgan fingerprint density at radius 1 is 1.41 bits per heavy atom. The summed E-state index contributed by atoms with van der Waals surface area (Å²) < 4.78 is 1.80. The zero-order chi connectivity index (χ0) is 12.3. The number of rotatable bonds is 7. The quantitative estimate of drug-likeness (QED) is 0.739. The molecular formula is C12H19N3O2. The van der Waals surface area contributed by atoms with Crippen LogP contribution in [0.4, 0.5) is 0 Å². The van der Waals surface area contributed by atoms with E-state index >= 15 is 0 Å². The Bertz CT molecular complexity index is 396. The van der Waals surface area contributed by atoms with Gasteiger partial charge in [0.25, 0.3) is 0 Å². The number of carboxylic acids is 1. The van der Waals surface area contributed by atoms with Crippen LogP contribution in [0.5, 0.6) is 0 Å². The number of nitrogens with zero attached hydrogens (tertiary/aromatic N) is 3. The van der Waals surface area contributed by atoms with Crippen LogP contribution in [-0.4, -0.2) is 26.1 Å². The molecule has 0 aromatic carbocycles. The first-order chi connectivity index (χ1) is 8.24. The summed E-state index contributed by atoms with van der Waals surface area (Å²) in [6, 6.07) is 0. The van der Waals surface area contributed by atoms with Crippen molar-refractivity contribution in [3.05, 3.63) is 11.4 Å². The summed E-state index contributed by atoms with van der Waals surface area (Å²) in [6.07, 6.45) is 6.79. The Kier molecular flexibility index (Phi) is 3.76. The Morgan fingerprint density at radius 3 is 2.76 bits per heavy atom. The number of hydrogen-bond donors (Lipinski definition) is 1. The smallest absolute Gasteiger partial charge is 0.358 e. The minimum absolute atomic E-state index is 0.156. The number of hydrogen-bond acceptors (Lipinski definition) is 3. The predicted octanol–water partition coefficient (Wildman–Crippen LogP) is 2.43. The van der Waals surface area contributed by atoms with Gasteiger partial charge in [0.1, 0.15) is 0 Å². The number of unbranched alkanes of at least 4 members (excludes halogenated alkanes) is 3. The fourth-order valence-electron chi connectivity index (χ4n) is 2.09. The van der Waals surface area contributed by atoms with Gasteiger partial charge in [0, 0.05) is 12.5 Å². The van der Waals surface area contributed by atoms with Gasteiger partial charge in [0.05, 0.1) is 5.69 Å². The first-order valence-corrected chi connectivity index (χ1v) is 6.40. The summed E-state index contributed by atoms with van der Waals surface area (Å²) in [5.41, 5.74) is 0.997. The van der Waals surface area contributed by atoms with E-state index < -0.39 is 5.97 Å². The maximum Gasteiger partial charge on any atom is 0.358 e. The fraction of sp³-hybridized carbons (Fsp3) is 0.750. The third-order valence-corrected chi connectivity index (χ3v) is 3.16. The van der Waals surface area contributed by atoms with E-state index in [2.05, 4.69) is 17.2 Å². The Morgan fingerprint density at radius 2 is 2.18 bits per heavy atom. The van der Waals surface area contributed by atoms with Crippen molar-refractivity contribution in [2.45, 2.75) is 57.9 Å². The summed E-state index contributed by atoms with van der Waals surface area (Å²) in [6.45, 7) is 2.97. The van der Waals surface area contributed by atoms with Gasteiger partial charge >= 0.3 is 5.97 Å². The van der Waals surface area contributed by atoms with Crippen molar-refractivity contribution in [1.82, 2.24) is 15.0 Å². The lowest BCUT2D eigenvalue weighted by Gasteiger charge is -2.05. The molecule has 94 valence electrons. The second kappa shape index (κ2) is 5.29. The second-order valence-electron chi connectivity index (χ2n) is 4.69. The molecule has 0 atom stereocenters. The van der Waals surface area contributed by atoms with Crippen LogP contribution in [0.2, 0.25) is 0 Å². The molecule has 0 amide bonds. The van der Waals surface area contributed by atoms with Gasteiger partial charge in [-0.3, -0.25) is 0 Å². The molecule has 1 fully saturated rings. The van der Waals surface area contributed by atoms with Crippen molar-refractivity contribution in [3.63, 3.8) is 0 Å². The maximum absolute atomic E-state index is 11.0. The summed E-state index contributed by atoms with van der Waals surface area (Å²) >= 11 is 0. The highest BCUT2D eigenvalue weighted by molar-refractivity contribution is 5.86. The Hall–Kier alpha value is -1.39. The molecule has 5 heteroatoms. The van der Waals surface area contributed by atoms with Crippen LogP contribution in [0.3, 0.4) is 0 Å². The third kappa shape index (κ3) is 2.84. The van der Waals surface area contributed by atoms with E-state index in [-0.39, 0.29) is 5.69 Å². The molecule has 1 saturated carbocycles. The van der Waals surface area contributed by atoms with Crippen molar-refractivity contribution in [2.24, 2.45) is 0 Å². The van der Waals surface area contributed by atoms with Crippen LogP contribution in [-0.2, 0) is 6.54 Å². The van der Waals surface area contributed by atoms with Crippen LogP contribution in [0.15, 0.2) is 0 Å². The molecule has 1 aliphatic carbocycles. The predicted molar refractivity (Wildman–Crippen MR) is 63.1 cm³/mol. The zero-order valence-electron chi connectivity index (χ0n) is 10.2. The molecule has 1 aromatic rings. The van der Waals surface area contributed by atoms with Crippen molar-refractivity contribution in [3.8, 4) is 0 Å². The largest absolute Gasteiger partial charge is 0.476 e. The van der Waals surface area contributed by atoms with Gasteiger partial charge in [-0.15, -0.1) is 5.10 Å². The highest BCUT2D eigenvalue weighted by Crippen LogP contribution is 2.41. The lowest BCUT2D eigenvalue weighted by molar-refractivity contribution is 0.0689. The minimum Gasteiger partial charge on any atom is -0.476 e. The van der Waals surface area contributed by atoms with Crippen molar-refractivity contribution in [1.29, 1.82) is 0 Å². The normalized spacial score (nSPS) is 15.1. The Labute approximate surface area is 101 Å². The number of aromatic nitrogens is 3. The molecule has 1 heterocycles. The van der Waals surface area contributed by atoms with E-state index in [0.29, 0.717) is 5.92 Å². The van der Waals surface area contributed by atoms with E-state index in [1.165, 1.54) is 19.3 Å². The molecular weight excluding hydrogens is 218 g/mol. The van der Waals surface area contributed by atoms with Gasteiger partial charge < -0.3 is 5.11 Å². The SMILES string of the molecule is CCCCCCn1nnc(C(=O)O)c1C1CC1. The molecule has 2 rings (SSSR count). The highest BCUT2D eigenvalue weighted by Gasteiger charge is 2.33. The molecule has 1 aliphatic rings. The molecule has 17 heavy (non-hydrogen) atoms. The lowest BCUT2D eigenvalue weighted by atomic mass is 10.2. The Balaban J connectivity index is 2.03. The fourth-order valence-corrected chi connectivity index (χ4v) is 2.09. The maximum atomic E-state index is 11.0. The van der Waals surface area contributed by atoms with Gasteiger partial charge in [-0.2, -0.15) is 0 Å². The average molecular weight is 237 g/mol. The minimum atomic E-state index is -0.952. The molecule has 0 aliphatic heterocycles. The first kappa shape index (κ1) is 12.1. The summed E-state index contributed by atoms with van der Waals surface area (Å²) in [4.78, 5) is 11.0. The number of aromatic carboxylic acids is 1. The van der Waals surface area contributed by atoms with Gasteiger partial charge in [-0.25, -0.2) is 9.48 Å². The van der Waals surface area contributed by atoms with Gasteiger partial charge in [-0.05, 0) is 19.3 Å². The summed E-state index contributed by atoms with van der Waals surface area (Å²) in [7, 11) is 0. The van der Waals surface area contributed by atoms with E-state index in [1.807, 2.05) is 0 Å². The third-order valence-electron chi connectivity index (χ3n) is 3.16. The highest BCUT2D eigenvalue weighted by atomic mass is 16.4. The second-order valence-corrected chi connectivity index (χ2v) is 4.69. The van der Waals surface area contributed by atoms with Crippen molar-refractivity contribution in [2.75, 3.05) is 0 Å². The number of carbonyl (C=O) groups is 1. The molecule has 0 radical (unpaired) electrons. The molecule has 0 unspecified atom stereocenters. The topological polar surface area (TPSA) is 68.0 Å². The van der Waals surface area contributed by atoms with E-state index in [0.717, 1.165) is 31.5 Å². The summed E-state index contributed by atoms with van der Waals surface area (Å²) in [5, 5.41) is 16.8. The summed E-state index contributed by atoms with van der Waals surface area (Å²) in [5.74, 6) is -0.575. The molecule has 0 bridgehead atoms. The van der Waals surface area contributed by atoms with Gasteiger partial charge in [-0.1, -0.05) is 31.4 Å². The van der Waals surface area contributed by atoms with Crippen LogP contribution < -0.4 is 0 Å². The zero-order valence-corrected chi connectivity index (χ0v) is 10.2. The van der Waals surface area contributed by atoms with Crippen LogP contribution in [0.1, 0.15) is 67.5 Å². The van der Waals surface area contributed by atoms with E-state index in [4.69, 9.17) is 5.11 Å². The van der Waals surface area contributed by atoms with Crippen molar-refractivity contribution < 1.29 is 9.90 Å². The van der Waals surface area contributed by atoms with E-state index in [9.17, 15) is 4.79 Å².